The van der Waals surface area contributed by atoms with Gasteiger partial charge in [-0.3, -0.25) is 5.32 Å². The lowest BCUT2D eigenvalue weighted by Gasteiger charge is -2.24. The van der Waals surface area contributed by atoms with E-state index in [1.54, 1.807) is 6.21 Å². The van der Waals surface area contributed by atoms with Crippen molar-refractivity contribution >= 4 is 42.6 Å². The van der Waals surface area contributed by atoms with E-state index in [-0.39, 0.29) is 6.03 Å². The Morgan fingerprint density at radius 2 is 2.12 bits per heavy atom. The first-order valence-corrected chi connectivity index (χ1v) is 12.5. The Kier molecular flexibility index (Phi) is 7.53. The molecule has 4 N–H and O–H groups in total. The molecule has 26 heavy (non-hydrogen) atoms. The van der Waals surface area contributed by atoms with Gasteiger partial charge in [0.2, 0.25) is 0 Å². The Morgan fingerprint density at radius 1 is 1.42 bits per heavy atom. The molecule has 0 spiro atoms. The molecule has 0 aliphatic carbocycles. The summed E-state index contributed by atoms with van der Waals surface area (Å²) in [7, 11) is 0. The number of aliphatic hydroxyl groups is 2. The zero-order chi connectivity index (χ0) is 19.5. The van der Waals surface area contributed by atoms with Gasteiger partial charge in [-0.15, -0.1) is 13.2 Å². The Bertz CT molecular complexity index is 621. The predicted molar refractivity (Wildman–Crippen MR) is 110 cm³/mol. The van der Waals surface area contributed by atoms with Crippen LogP contribution in [0.1, 0.15) is 19.8 Å². The summed E-state index contributed by atoms with van der Waals surface area (Å²) in [5.41, 5.74) is 0. The Labute approximate surface area is 160 Å². The zero-order valence-electron chi connectivity index (χ0n) is 15.7. The second-order valence-corrected chi connectivity index (χ2v) is 12.4. The van der Waals surface area contributed by atoms with Gasteiger partial charge in [0.1, 0.15) is 30.9 Å². The minimum absolute atomic E-state index is 0.303. The molecule has 1 saturated heterocycles. The van der Waals surface area contributed by atoms with E-state index in [0.717, 1.165) is 19.1 Å². The van der Waals surface area contributed by atoms with Gasteiger partial charge >= 0.3 is 6.03 Å². The molecule has 2 aliphatic rings. The van der Waals surface area contributed by atoms with Gasteiger partial charge < -0.3 is 14.9 Å². The fourth-order valence-corrected chi connectivity index (χ4v) is 4.35. The van der Waals surface area contributed by atoms with Gasteiger partial charge in [-0.1, -0.05) is 6.92 Å². The third kappa shape index (κ3) is 5.44. The fraction of sp³-hybridized carbons (Fsp3) is 0.765. The number of ether oxygens (including phenoxy) is 1. The third-order valence-corrected chi connectivity index (χ3v) is 6.46. The normalized spacial score (nSPS) is 32.5. The summed E-state index contributed by atoms with van der Waals surface area (Å²) in [5, 5.41) is 26.7. The first kappa shape index (κ1) is 21.7. The molecule has 0 saturated carbocycles. The second kappa shape index (κ2) is 9.04. The monoisotopic (exact) mass is 404 g/mol. The van der Waals surface area contributed by atoms with Crippen molar-refractivity contribution in [1.29, 1.82) is 0 Å². The Morgan fingerprint density at radius 3 is 2.73 bits per heavy atom. The molecule has 7 nitrogen and oxygen atoms in total. The maximum atomic E-state index is 12.1. The Hall–Kier alpha value is -0.630. The van der Waals surface area contributed by atoms with Crippen LogP contribution in [0.5, 0.6) is 0 Å². The highest BCUT2D eigenvalue weighted by Gasteiger charge is 2.49. The van der Waals surface area contributed by atoms with E-state index in [4.69, 9.17) is 17.0 Å². The fourth-order valence-electron chi connectivity index (χ4n) is 3.11. The number of carbonyl (C=O) groups excluding carboxylic acids is 1. The van der Waals surface area contributed by atoms with Crippen molar-refractivity contribution in [3.05, 3.63) is 0 Å². The van der Waals surface area contributed by atoms with Crippen molar-refractivity contribution in [2.75, 3.05) is 32.7 Å². The van der Waals surface area contributed by atoms with E-state index in [1.165, 1.54) is 4.58 Å². The Balaban J connectivity index is 2.10. The number of carbonyl (C=O) groups is 1. The van der Waals surface area contributed by atoms with Crippen LogP contribution in [-0.2, 0) is 4.74 Å². The van der Waals surface area contributed by atoms with Crippen LogP contribution >= 0.6 is 19.1 Å². The lowest BCUT2D eigenvalue weighted by Crippen LogP contribution is -2.54. The van der Waals surface area contributed by atoms with Gasteiger partial charge in [-0.05, 0) is 51.1 Å². The number of nitrogens with zero attached hydrogens (tertiary/aromatic N) is 1. The molecule has 0 aromatic heterocycles. The minimum atomic E-state index is -1.24. The first-order chi connectivity index (χ1) is 12.1. The third-order valence-electron chi connectivity index (χ3n) is 4.62. The highest BCUT2D eigenvalue weighted by atomic mass is 32.1. The summed E-state index contributed by atoms with van der Waals surface area (Å²) in [4.78, 5) is 12.4. The highest BCUT2D eigenvalue weighted by molar-refractivity contribution is 7.80. The maximum Gasteiger partial charge on any atom is 0.497 e. The number of hydrogen-bond acceptors (Lipinski definition) is 6. The van der Waals surface area contributed by atoms with Crippen molar-refractivity contribution in [2.45, 2.75) is 44.2 Å². The molecule has 2 amide bonds. The van der Waals surface area contributed by atoms with Gasteiger partial charge in [0.25, 0.3) is 0 Å². The van der Waals surface area contributed by atoms with Gasteiger partial charge in [0, 0.05) is 0 Å². The smallest absolute Gasteiger partial charge is 0.388 e. The number of aliphatic hydroxyl groups excluding tert-OH is 2. The molecule has 0 radical (unpaired) electrons. The van der Waals surface area contributed by atoms with Gasteiger partial charge in [-0.2, -0.15) is 14.7 Å². The maximum absolute atomic E-state index is 12.1. The van der Waals surface area contributed by atoms with Crippen LogP contribution in [0.4, 0.5) is 4.79 Å². The standard InChI is InChI=1S/C17H30N3O4PS/c1-5-7-18-10-20-9-11(16(26)19-17(20)23)15-14(22)13(21)12(24-15)6-8-25(2,3)4/h9,11-15,18,21-22H,2,5-8,10H2,1,3-4H3/p+1/t11?,12-,13-,14-,15+/m1/s1. The summed E-state index contributed by atoms with van der Waals surface area (Å²) in [5.74, 6) is -0.469. The molecule has 2 heterocycles. The minimum Gasteiger partial charge on any atom is -0.388 e. The van der Waals surface area contributed by atoms with E-state index in [0.29, 0.717) is 18.1 Å². The molecule has 2 aliphatic heterocycles. The van der Waals surface area contributed by atoms with Gasteiger partial charge in [0.05, 0.1) is 12.3 Å². The van der Waals surface area contributed by atoms with Crippen molar-refractivity contribution < 1.29 is 24.3 Å². The molecule has 9 heteroatoms. The number of nitrogens with one attached hydrogen (secondary N) is 2. The lowest BCUT2D eigenvalue weighted by atomic mass is 9.95. The zero-order valence-corrected chi connectivity index (χ0v) is 17.4. The molecule has 1 fully saturated rings. The molecule has 0 aromatic carbocycles. The summed E-state index contributed by atoms with van der Waals surface area (Å²) < 4.78 is 7.47. The molecule has 0 bridgehead atoms. The number of hydrogen-bond donors (Lipinski definition) is 4. The first-order valence-electron chi connectivity index (χ1n) is 9.00. The van der Waals surface area contributed by atoms with Crippen molar-refractivity contribution in [1.82, 2.24) is 10.6 Å². The summed E-state index contributed by atoms with van der Waals surface area (Å²) in [6, 6.07) is -0.303. The van der Waals surface area contributed by atoms with Crippen molar-refractivity contribution in [3.63, 3.8) is 0 Å². The van der Waals surface area contributed by atoms with E-state index >= 15 is 0 Å². The summed E-state index contributed by atoms with van der Waals surface area (Å²) in [6.45, 7) is 6.21. The predicted octanol–water partition coefficient (Wildman–Crippen LogP) is 0.282. The quantitative estimate of drug-likeness (QED) is 0.201. The number of amides is 2. The molecular formula is C17H31N3O4PS+. The van der Waals surface area contributed by atoms with Crippen LogP contribution in [0.15, 0.2) is 0 Å². The average molecular weight is 404 g/mol. The number of thiocarbonyl (C=S) groups is 1. The van der Waals surface area contributed by atoms with Crippen molar-refractivity contribution in [3.8, 4) is 0 Å². The molecule has 1 unspecified atom stereocenters. The SMILES string of the molecule is C=P(C)(C)CC[C@H]1O[C@@H](C2C=[N+](CNCCC)C(=O)NC2=S)[C@H](O)[C@@H]1O. The van der Waals surface area contributed by atoms with E-state index in [9.17, 15) is 15.0 Å². The van der Waals surface area contributed by atoms with Crippen LogP contribution in [0.2, 0.25) is 0 Å². The van der Waals surface area contributed by atoms with E-state index in [2.05, 4.69) is 30.3 Å². The van der Waals surface area contributed by atoms with Crippen molar-refractivity contribution in [2.24, 2.45) is 5.92 Å². The highest BCUT2D eigenvalue weighted by Crippen LogP contribution is 2.38. The number of rotatable bonds is 8. The molecular weight excluding hydrogens is 373 g/mol. The van der Waals surface area contributed by atoms with Crippen LogP contribution in [0.3, 0.4) is 0 Å². The molecule has 0 aromatic rings. The largest absolute Gasteiger partial charge is 0.497 e. The molecule has 5 atom stereocenters. The van der Waals surface area contributed by atoms with Crippen LogP contribution in [0.25, 0.3) is 0 Å². The molecule has 148 valence electrons. The topological polar surface area (TPSA) is 93.8 Å². The van der Waals surface area contributed by atoms with Gasteiger partial charge in [-0.25, -0.2) is 0 Å². The lowest BCUT2D eigenvalue weighted by molar-refractivity contribution is -0.433. The van der Waals surface area contributed by atoms with Crippen LogP contribution in [0, 0.1) is 5.92 Å². The van der Waals surface area contributed by atoms with Gasteiger partial charge in [0.15, 0.2) is 4.99 Å². The average Bonchev–Trinajstić information content (AvgIpc) is 2.83. The van der Waals surface area contributed by atoms with Crippen LogP contribution in [-0.4, -0.2) is 95.4 Å². The van der Waals surface area contributed by atoms with E-state index in [1.807, 2.05) is 6.92 Å². The van der Waals surface area contributed by atoms with E-state index < -0.39 is 37.2 Å². The van der Waals surface area contributed by atoms with Crippen LogP contribution < -0.4 is 10.6 Å². The summed E-state index contributed by atoms with van der Waals surface area (Å²) in [6.07, 6.45) is 5.19. The second-order valence-electron chi connectivity index (χ2n) is 7.67. The summed E-state index contributed by atoms with van der Waals surface area (Å²) >= 11 is 5.30. The molecule has 2 rings (SSSR count). The number of urea groups is 1.